The topological polar surface area (TPSA) is 51.5 Å². The van der Waals surface area contributed by atoms with Crippen LogP contribution in [0.1, 0.15) is 18.1 Å². The molecule has 0 bridgehead atoms. The van der Waals surface area contributed by atoms with E-state index in [0.717, 1.165) is 10.8 Å². The van der Waals surface area contributed by atoms with Crippen LogP contribution in [-0.4, -0.2) is 30.1 Å². The van der Waals surface area contributed by atoms with Crippen LogP contribution in [0.2, 0.25) is 0 Å². The summed E-state index contributed by atoms with van der Waals surface area (Å²) in [5.41, 5.74) is 1.45. The molecule has 0 aliphatic carbocycles. The molecular formula is C13H17NO3Si. The van der Waals surface area contributed by atoms with E-state index in [-0.39, 0.29) is 0 Å². The molecule has 0 spiro atoms. The Hall–Kier alpha value is -1.45. The van der Waals surface area contributed by atoms with Crippen LogP contribution in [0.4, 0.5) is 0 Å². The van der Waals surface area contributed by atoms with Gasteiger partial charge in [0.1, 0.15) is 0 Å². The summed E-state index contributed by atoms with van der Waals surface area (Å²) >= 11 is 0. The first kappa shape index (κ1) is 14.6. The highest BCUT2D eigenvalue weighted by atomic mass is 28.4. The molecule has 0 saturated heterocycles. The predicted molar refractivity (Wildman–Crippen MR) is 71.6 cm³/mol. The summed E-state index contributed by atoms with van der Waals surface area (Å²) in [7, 11) is 1.90. The number of hydrogen-bond donors (Lipinski definition) is 0. The van der Waals surface area contributed by atoms with Crippen LogP contribution in [0.25, 0.3) is 6.08 Å². The summed E-state index contributed by atoms with van der Waals surface area (Å²) in [5, 5.41) is 9.90. The number of nitriles is 1. The van der Waals surface area contributed by atoms with Crippen LogP contribution >= 0.6 is 0 Å². The SMILES string of the molecule is CO[Si](OC)(OC)C(C)=Cc1ccccc1C#N. The Morgan fingerprint density at radius 1 is 1.17 bits per heavy atom. The third-order valence-corrected chi connectivity index (χ3v) is 5.47. The monoisotopic (exact) mass is 263 g/mol. The van der Waals surface area contributed by atoms with E-state index >= 15 is 0 Å². The summed E-state index contributed by atoms with van der Waals surface area (Å²) in [4.78, 5) is 0. The molecule has 5 heteroatoms. The van der Waals surface area contributed by atoms with Crippen molar-refractivity contribution >= 4 is 14.9 Å². The highest BCUT2D eigenvalue weighted by molar-refractivity contribution is 6.69. The van der Waals surface area contributed by atoms with Crippen molar-refractivity contribution < 1.29 is 13.3 Å². The first-order valence-electron chi connectivity index (χ1n) is 5.47. The Morgan fingerprint density at radius 2 is 1.72 bits per heavy atom. The molecular weight excluding hydrogens is 246 g/mol. The van der Waals surface area contributed by atoms with Crippen molar-refractivity contribution in [2.45, 2.75) is 6.92 Å². The molecule has 0 fully saturated rings. The van der Waals surface area contributed by atoms with Gasteiger partial charge in [-0.2, -0.15) is 5.26 Å². The quantitative estimate of drug-likeness (QED) is 0.765. The van der Waals surface area contributed by atoms with Gasteiger partial charge in [0.25, 0.3) is 0 Å². The van der Waals surface area contributed by atoms with Crippen LogP contribution < -0.4 is 0 Å². The van der Waals surface area contributed by atoms with Gasteiger partial charge in [0.05, 0.1) is 11.6 Å². The van der Waals surface area contributed by atoms with E-state index in [9.17, 15) is 0 Å². The molecule has 0 aromatic heterocycles. The maximum absolute atomic E-state index is 9.04. The molecule has 0 N–H and O–H groups in total. The fourth-order valence-electron chi connectivity index (χ4n) is 1.78. The fourth-order valence-corrected chi connectivity index (χ4v) is 3.58. The van der Waals surface area contributed by atoms with Crippen LogP contribution in [0.5, 0.6) is 0 Å². The Labute approximate surface area is 109 Å². The first-order chi connectivity index (χ1) is 8.63. The molecule has 0 saturated carbocycles. The Balaban J connectivity index is 3.20. The van der Waals surface area contributed by atoms with Crippen LogP contribution in [0.3, 0.4) is 0 Å². The maximum atomic E-state index is 9.04. The van der Waals surface area contributed by atoms with Crippen LogP contribution in [0.15, 0.2) is 29.5 Å². The third-order valence-electron chi connectivity index (χ3n) is 2.74. The summed E-state index contributed by atoms with van der Waals surface area (Å²) in [6, 6.07) is 9.52. The molecule has 0 amide bonds. The van der Waals surface area contributed by atoms with E-state index in [1.807, 2.05) is 31.2 Å². The zero-order valence-electron chi connectivity index (χ0n) is 11.1. The van der Waals surface area contributed by atoms with Gasteiger partial charge in [-0.1, -0.05) is 24.3 Å². The lowest BCUT2D eigenvalue weighted by Crippen LogP contribution is -2.44. The molecule has 0 aliphatic heterocycles. The third kappa shape index (κ3) is 2.86. The van der Waals surface area contributed by atoms with Gasteiger partial charge in [0, 0.05) is 21.3 Å². The van der Waals surface area contributed by atoms with Crippen LogP contribution in [-0.2, 0) is 13.3 Å². The smallest absolute Gasteiger partial charge is 0.374 e. The fraction of sp³-hybridized carbons (Fsp3) is 0.308. The molecule has 1 aromatic carbocycles. The zero-order valence-corrected chi connectivity index (χ0v) is 12.1. The molecule has 1 aromatic rings. The molecule has 0 atom stereocenters. The Morgan fingerprint density at radius 3 is 2.22 bits per heavy atom. The summed E-state index contributed by atoms with van der Waals surface area (Å²) in [6.45, 7) is 1.89. The second kappa shape index (κ2) is 6.47. The normalized spacial score (nSPS) is 12.3. The number of benzene rings is 1. The molecule has 1 rings (SSSR count). The number of hydrogen-bond acceptors (Lipinski definition) is 4. The van der Waals surface area contributed by atoms with Crippen molar-refractivity contribution in [1.82, 2.24) is 0 Å². The molecule has 96 valence electrons. The van der Waals surface area contributed by atoms with E-state index in [1.54, 1.807) is 27.4 Å². The predicted octanol–water partition coefficient (Wildman–Crippen LogP) is 2.38. The number of nitrogens with zero attached hydrogens (tertiary/aromatic N) is 1. The Bertz CT molecular complexity index is 467. The summed E-state index contributed by atoms with van der Waals surface area (Å²) in [6.07, 6.45) is 1.88. The van der Waals surface area contributed by atoms with Gasteiger partial charge in [-0.3, -0.25) is 0 Å². The highest BCUT2D eigenvalue weighted by Crippen LogP contribution is 2.21. The molecule has 0 aliphatic rings. The molecule has 0 unspecified atom stereocenters. The lowest BCUT2D eigenvalue weighted by atomic mass is 10.1. The van der Waals surface area contributed by atoms with Gasteiger partial charge in [-0.05, 0) is 23.7 Å². The van der Waals surface area contributed by atoms with Gasteiger partial charge in [-0.25, -0.2) is 0 Å². The Kier molecular flexibility index (Phi) is 5.25. The lowest BCUT2D eigenvalue weighted by molar-refractivity contribution is 0.135. The number of rotatable bonds is 5. The van der Waals surface area contributed by atoms with E-state index in [4.69, 9.17) is 18.5 Å². The van der Waals surface area contributed by atoms with Crippen molar-refractivity contribution in [3.8, 4) is 6.07 Å². The minimum Gasteiger partial charge on any atom is -0.374 e. The molecule has 0 radical (unpaired) electrons. The molecule has 0 heterocycles. The van der Waals surface area contributed by atoms with Gasteiger partial charge in [-0.15, -0.1) is 0 Å². The maximum Gasteiger partial charge on any atom is 0.531 e. The van der Waals surface area contributed by atoms with E-state index in [2.05, 4.69) is 6.07 Å². The van der Waals surface area contributed by atoms with Crippen molar-refractivity contribution in [3.05, 3.63) is 40.6 Å². The summed E-state index contributed by atoms with van der Waals surface area (Å²) < 4.78 is 16.2. The van der Waals surface area contributed by atoms with Gasteiger partial charge in [0.2, 0.25) is 0 Å². The zero-order chi connectivity index (χ0) is 13.6. The van der Waals surface area contributed by atoms with E-state index in [0.29, 0.717) is 5.56 Å². The molecule has 4 nitrogen and oxygen atoms in total. The first-order valence-corrected chi connectivity index (χ1v) is 7.19. The van der Waals surface area contributed by atoms with Gasteiger partial charge < -0.3 is 13.3 Å². The van der Waals surface area contributed by atoms with Crippen molar-refractivity contribution in [1.29, 1.82) is 5.26 Å². The average Bonchev–Trinajstić information content (AvgIpc) is 2.42. The van der Waals surface area contributed by atoms with Crippen molar-refractivity contribution in [2.24, 2.45) is 0 Å². The lowest BCUT2D eigenvalue weighted by Gasteiger charge is -2.25. The number of allylic oxidation sites excluding steroid dienone is 1. The summed E-state index contributed by atoms with van der Waals surface area (Å²) in [5.74, 6) is 0. The second-order valence-electron chi connectivity index (χ2n) is 3.69. The average molecular weight is 263 g/mol. The van der Waals surface area contributed by atoms with Gasteiger partial charge in [0.15, 0.2) is 0 Å². The van der Waals surface area contributed by atoms with Crippen LogP contribution in [0, 0.1) is 11.3 Å². The van der Waals surface area contributed by atoms with E-state index < -0.39 is 8.80 Å². The molecule has 18 heavy (non-hydrogen) atoms. The minimum absolute atomic E-state index is 0.614. The minimum atomic E-state index is -2.79. The van der Waals surface area contributed by atoms with Gasteiger partial charge >= 0.3 is 8.80 Å². The second-order valence-corrected chi connectivity index (χ2v) is 6.82. The largest absolute Gasteiger partial charge is 0.531 e. The highest BCUT2D eigenvalue weighted by Gasteiger charge is 2.40. The van der Waals surface area contributed by atoms with E-state index in [1.165, 1.54) is 0 Å². The van der Waals surface area contributed by atoms with Crippen molar-refractivity contribution in [2.75, 3.05) is 21.3 Å². The standard InChI is InChI=1S/C13H17NO3Si/c1-11(18(15-2,16-3)17-4)9-12-7-5-6-8-13(12)10-14/h5-9H,1-4H3. The van der Waals surface area contributed by atoms with Crippen molar-refractivity contribution in [3.63, 3.8) is 0 Å².